The van der Waals surface area contributed by atoms with Crippen LogP contribution in [0.5, 0.6) is 0 Å². The van der Waals surface area contributed by atoms with Crippen molar-refractivity contribution in [2.45, 2.75) is 44.6 Å². The fraction of sp³-hybridized carbons (Fsp3) is 0.562. The van der Waals surface area contributed by atoms with Crippen molar-refractivity contribution in [2.75, 3.05) is 12.3 Å². The molecule has 22 heavy (non-hydrogen) atoms. The number of nitrogens with one attached hydrogen (secondary N) is 1. The number of sulfone groups is 1. The molecule has 0 aliphatic heterocycles. The summed E-state index contributed by atoms with van der Waals surface area (Å²) in [6.07, 6.45) is -0.149. The SMILES string of the molecule is CC(C)(C)C(O)CCNC(=O)CCS(=O)(=O)c1ccccc1. The standard InChI is InChI=1S/C16H25NO4S/c1-16(2,3)14(18)9-11-17-15(19)10-12-22(20,21)13-7-5-4-6-8-13/h4-8,14,18H,9-12H2,1-3H3,(H,17,19). The van der Waals surface area contributed by atoms with Crippen LogP contribution in [0.25, 0.3) is 0 Å². The molecule has 5 nitrogen and oxygen atoms in total. The third-order valence-electron chi connectivity index (χ3n) is 3.44. The Kier molecular flexibility index (Phi) is 6.56. The summed E-state index contributed by atoms with van der Waals surface area (Å²) in [7, 11) is -3.43. The Bertz CT molecular complexity index is 576. The molecule has 0 aliphatic rings. The van der Waals surface area contributed by atoms with Crippen LogP contribution in [0.1, 0.15) is 33.6 Å². The molecule has 1 rings (SSSR count). The minimum Gasteiger partial charge on any atom is -0.393 e. The fourth-order valence-electron chi connectivity index (χ4n) is 1.84. The lowest BCUT2D eigenvalue weighted by Crippen LogP contribution is -2.33. The van der Waals surface area contributed by atoms with Crippen molar-refractivity contribution in [3.63, 3.8) is 0 Å². The Morgan fingerprint density at radius 1 is 1.23 bits per heavy atom. The van der Waals surface area contributed by atoms with Crippen molar-refractivity contribution in [1.82, 2.24) is 5.32 Å². The van der Waals surface area contributed by atoms with E-state index in [1.807, 2.05) is 20.8 Å². The van der Waals surface area contributed by atoms with Gasteiger partial charge in [0.15, 0.2) is 9.84 Å². The number of carbonyl (C=O) groups excluding carboxylic acids is 1. The summed E-state index contributed by atoms with van der Waals surface area (Å²) >= 11 is 0. The highest BCUT2D eigenvalue weighted by molar-refractivity contribution is 7.91. The van der Waals surface area contributed by atoms with Crippen LogP contribution in [0.4, 0.5) is 0 Å². The van der Waals surface area contributed by atoms with E-state index in [1.54, 1.807) is 18.2 Å². The van der Waals surface area contributed by atoms with Gasteiger partial charge in [-0.3, -0.25) is 4.79 Å². The fourth-order valence-corrected chi connectivity index (χ4v) is 3.10. The number of aliphatic hydroxyl groups excluding tert-OH is 1. The van der Waals surface area contributed by atoms with Gasteiger partial charge in [-0.2, -0.15) is 0 Å². The molecule has 124 valence electrons. The van der Waals surface area contributed by atoms with Crippen LogP contribution >= 0.6 is 0 Å². The second-order valence-electron chi connectivity index (χ2n) is 6.40. The summed E-state index contributed by atoms with van der Waals surface area (Å²) < 4.78 is 24.1. The number of benzene rings is 1. The maximum atomic E-state index is 12.0. The van der Waals surface area contributed by atoms with Crippen molar-refractivity contribution < 1.29 is 18.3 Å². The number of hydrogen-bond donors (Lipinski definition) is 2. The average molecular weight is 327 g/mol. The smallest absolute Gasteiger partial charge is 0.221 e. The maximum absolute atomic E-state index is 12.0. The first-order valence-electron chi connectivity index (χ1n) is 7.35. The highest BCUT2D eigenvalue weighted by atomic mass is 32.2. The van der Waals surface area contributed by atoms with E-state index in [4.69, 9.17) is 0 Å². The van der Waals surface area contributed by atoms with Gasteiger partial charge in [0.1, 0.15) is 0 Å². The number of amides is 1. The summed E-state index contributed by atoms with van der Waals surface area (Å²) in [5.41, 5.74) is -0.235. The summed E-state index contributed by atoms with van der Waals surface area (Å²) in [6.45, 7) is 6.10. The summed E-state index contributed by atoms with van der Waals surface area (Å²) in [5.74, 6) is -0.536. The van der Waals surface area contributed by atoms with Gasteiger partial charge in [0.2, 0.25) is 5.91 Å². The van der Waals surface area contributed by atoms with Crippen LogP contribution in [0.2, 0.25) is 0 Å². The Hall–Kier alpha value is -1.40. The van der Waals surface area contributed by atoms with Crippen LogP contribution < -0.4 is 5.32 Å². The Morgan fingerprint density at radius 3 is 2.36 bits per heavy atom. The summed E-state index contributed by atoms with van der Waals surface area (Å²) in [5, 5.41) is 12.5. The normalized spacial score (nSPS) is 13.6. The molecule has 0 radical (unpaired) electrons. The van der Waals surface area contributed by atoms with Crippen molar-refractivity contribution in [3.8, 4) is 0 Å². The van der Waals surface area contributed by atoms with E-state index in [0.717, 1.165) is 0 Å². The number of rotatable bonds is 7. The maximum Gasteiger partial charge on any atom is 0.221 e. The monoisotopic (exact) mass is 327 g/mol. The third-order valence-corrected chi connectivity index (χ3v) is 5.17. The molecule has 0 bridgehead atoms. The van der Waals surface area contributed by atoms with E-state index >= 15 is 0 Å². The molecule has 1 atom stereocenters. The van der Waals surface area contributed by atoms with Crippen LogP contribution in [0, 0.1) is 5.41 Å². The van der Waals surface area contributed by atoms with E-state index in [-0.39, 0.29) is 28.4 Å². The zero-order chi connectivity index (χ0) is 16.8. The Morgan fingerprint density at radius 2 is 1.82 bits per heavy atom. The number of carbonyl (C=O) groups is 1. The molecule has 6 heteroatoms. The van der Waals surface area contributed by atoms with Gasteiger partial charge in [0, 0.05) is 13.0 Å². The minimum absolute atomic E-state index is 0.0805. The number of hydrogen-bond acceptors (Lipinski definition) is 4. The lowest BCUT2D eigenvalue weighted by Gasteiger charge is -2.25. The van der Waals surface area contributed by atoms with Crippen LogP contribution in [-0.2, 0) is 14.6 Å². The summed E-state index contributed by atoms with van der Waals surface area (Å²) in [6, 6.07) is 8.09. The van der Waals surface area contributed by atoms with E-state index in [9.17, 15) is 18.3 Å². The minimum atomic E-state index is -3.43. The molecule has 0 spiro atoms. The van der Waals surface area contributed by atoms with Gasteiger partial charge in [0.25, 0.3) is 0 Å². The molecule has 2 N–H and O–H groups in total. The molecular formula is C16H25NO4S. The van der Waals surface area contributed by atoms with Gasteiger partial charge in [-0.25, -0.2) is 8.42 Å². The largest absolute Gasteiger partial charge is 0.393 e. The predicted molar refractivity (Wildman–Crippen MR) is 86.2 cm³/mol. The molecule has 0 fully saturated rings. The quantitative estimate of drug-likeness (QED) is 0.799. The molecule has 1 amide bonds. The van der Waals surface area contributed by atoms with Crippen molar-refractivity contribution >= 4 is 15.7 Å². The lowest BCUT2D eigenvalue weighted by molar-refractivity contribution is -0.120. The van der Waals surface area contributed by atoms with Gasteiger partial charge in [-0.15, -0.1) is 0 Å². The first-order valence-corrected chi connectivity index (χ1v) is 9.01. The molecule has 1 aromatic rings. The highest BCUT2D eigenvalue weighted by Crippen LogP contribution is 2.20. The molecule has 0 heterocycles. The van der Waals surface area contributed by atoms with Gasteiger partial charge in [-0.1, -0.05) is 39.0 Å². The lowest BCUT2D eigenvalue weighted by atomic mass is 9.87. The van der Waals surface area contributed by atoms with Gasteiger partial charge in [-0.05, 0) is 24.0 Å². The van der Waals surface area contributed by atoms with E-state index in [0.29, 0.717) is 13.0 Å². The molecule has 0 aliphatic carbocycles. The second-order valence-corrected chi connectivity index (χ2v) is 8.51. The van der Waals surface area contributed by atoms with E-state index in [2.05, 4.69) is 5.32 Å². The number of aliphatic hydroxyl groups is 1. The van der Waals surface area contributed by atoms with Crippen molar-refractivity contribution in [3.05, 3.63) is 30.3 Å². The molecule has 1 unspecified atom stereocenters. The van der Waals surface area contributed by atoms with Gasteiger partial charge >= 0.3 is 0 Å². The van der Waals surface area contributed by atoms with E-state index < -0.39 is 15.9 Å². The zero-order valence-corrected chi connectivity index (χ0v) is 14.2. The first kappa shape index (κ1) is 18.6. The van der Waals surface area contributed by atoms with Crippen LogP contribution in [0.3, 0.4) is 0 Å². The van der Waals surface area contributed by atoms with Crippen molar-refractivity contribution in [1.29, 1.82) is 0 Å². The molecule has 0 aromatic heterocycles. The Balaban J connectivity index is 2.38. The van der Waals surface area contributed by atoms with Gasteiger partial charge < -0.3 is 10.4 Å². The second kappa shape index (κ2) is 7.74. The van der Waals surface area contributed by atoms with Crippen molar-refractivity contribution in [2.24, 2.45) is 5.41 Å². The average Bonchev–Trinajstić information content (AvgIpc) is 2.45. The third kappa shape index (κ3) is 6.15. The topological polar surface area (TPSA) is 83.5 Å². The Labute approximate surface area is 132 Å². The van der Waals surface area contributed by atoms with Crippen LogP contribution in [-0.4, -0.2) is 37.8 Å². The van der Waals surface area contributed by atoms with E-state index in [1.165, 1.54) is 12.1 Å². The predicted octanol–water partition coefficient (Wildman–Crippen LogP) is 1.76. The van der Waals surface area contributed by atoms with Crippen LogP contribution in [0.15, 0.2) is 35.2 Å². The molecular weight excluding hydrogens is 302 g/mol. The molecule has 0 saturated heterocycles. The molecule has 0 saturated carbocycles. The van der Waals surface area contributed by atoms with Gasteiger partial charge in [0.05, 0.1) is 16.8 Å². The summed E-state index contributed by atoms with van der Waals surface area (Å²) in [4.78, 5) is 11.9. The first-order chi connectivity index (χ1) is 10.1. The zero-order valence-electron chi connectivity index (χ0n) is 13.4. The molecule has 1 aromatic carbocycles. The highest BCUT2D eigenvalue weighted by Gasteiger charge is 2.22.